The topological polar surface area (TPSA) is 68.4 Å². The van der Waals surface area contributed by atoms with Crippen molar-refractivity contribution in [3.8, 4) is 5.75 Å². The molecule has 0 saturated heterocycles. The van der Waals surface area contributed by atoms with Crippen LogP contribution in [0.15, 0.2) is 48.7 Å². The Labute approximate surface area is 154 Å². The van der Waals surface area contributed by atoms with Crippen molar-refractivity contribution in [3.63, 3.8) is 0 Å². The predicted molar refractivity (Wildman–Crippen MR) is 97.4 cm³/mol. The minimum absolute atomic E-state index is 0.186. The average Bonchev–Trinajstić information content (AvgIpc) is 3.05. The summed E-state index contributed by atoms with van der Waals surface area (Å²) in [6.45, 7) is 1.89. The number of aromatic amines is 1. The lowest BCUT2D eigenvalue weighted by Crippen LogP contribution is -2.38. The molecule has 26 heavy (non-hydrogen) atoms. The van der Waals surface area contributed by atoms with Crippen molar-refractivity contribution in [2.75, 3.05) is 6.61 Å². The van der Waals surface area contributed by atoms with Crippen LogP contribution in [-0.4, -0.2) is 23.5 Å². The molecule has 3 aromatic rings. The Morgan fingerprint density at radius 3 is 2.85 bits per heavy atom. The number of carbonyl (C=O) groups is 2. The van der Waals surface area contributed by atoms with Gasteiger partial charge in [0.15, 0.2) is 5.92 Å². The summed E-state index contributed by atoms with van der Waals surface area (Å²) < 4.78 is 10.6. The third-order valence-electron chi connectivity index (χ3n) is 4.60. The van der Waals surface area contributed by atoms with Gasteiger partial charge < -0.3 is 14.5 Å². The molecular weight excluding hydrogens is 354 g/mol. The van der Waals surface area contributed by atoms with Gasteiger partial charge in [-0.15, -0.1) is 0 Å². The van der Waals surface area contributed by atoms with Gasteiger partial charge in [-0.2, -0.15) is 0 Å². The second-order valence-electron chi connectivity index (χ2n) is 6.10. The van der Waals surface area contributed by atoms with E-state index >= 15 is 0 Å². The number of H-pyrrole nitrogens is 1. The van der Waals surface area contributed by atoms with Gasteiger partial charge in [0.25, 0.3) is 0 Å². The Morgan fingerprint density at radius 1 is 1.23 bits per heavy atom. The first kappa shape index (κ1) is 16.7. The summed E-state index contributed by atoms with van der Waals surface area (Å²) in [6, 6.07) is 12.8. The van der Waals surface area contributed by atoms with Crippen molar-refractivity contribution in [2.24, 2.45) is 5.92 Å². The van der Waals surface area contributed by atoms with Gasteiger partial charge >= 0.3 is 11.9 Å². The van der Waals surface area contributed by atoms with Gasteiger partial charge in [-0.3, -0.25) is 9.59 Å². The van der Waals surface area contributed by atoms with Crippen molar-refractivity contribution in [1.29, 1.82) is 0 Å². The lowest BCUT2D eigenvalue weighted by atomic mass is 9.78. The number of rotatable bonds is 3. The summed E-state index contributed by atoms with van der Waals surface area (Å²) in [4.78, 5) is 28.4. The molecule has 0 radical (unpaired) electrons. The number of para-hydroxylation sites is 1. The predicted octanol–water partition coefficient (Wildman–Crippen LogP) is 4.05. The molecule has 2 aromatic carbocycles. The minimum Gasteiger partial charge on any atom is -0.465 e. The van der Waals surface area contributed by atoms with Crippen LogP contribution in [0.5, 0.6) is 5.75 Å². The highest BCUT2D eigenvalue weighted by molar-refractivity contribution is 6.30. The molecule has 132 valence electrons. The highest BCUT2D eigenvalue weighted by Crippen LogP contribution is 2.45. The number of benzene rings is 2. The summed E-state index contributed by atoms with van der Waals surface area (Å²) in [7, 11) is 0. The SMILES string of the molecule is CCOC(=O)[C@H]1C(=O)Oc2ccc(Cl)cc2[C@@H]1c1c[nH]c2ccccc12. The number of carbonyl (C=O) groups excluding carboxylic acids is 2. The number of nitrogens with one attached hydrogen (secondary N) is 1. The summed E-state index contributed by atoms with van der Waals surface area (Å²) in [5.41, 5.74) is 2.45. The zero-order valence-electron chi connectivity index (χ0n) is 14.0. The molecule has 0 unspecified atom stereocenters. The Bertz CT molecular complexity index is 1010. The number of ether oxygens (including phenoxy) is 2. The van der Waals surface area contributed by atoms with Gasteiger partial charge in [0.05, 0.1) is 6.61 Å². The smallest absolute Gasteiger partial charge is 0.326 e. The monoisotopic (exact) mass is 369 g/mol. The molecule has 4 rings (SSSR count). The van der Waals surface area contributed by atoms with Gasteiger partial charge in [-0.25, -0.2) is 0 Å². The van der Waals surface area contributed by atoms with Gasteiger partial charge in [0.1, 0.15) is 5.75 Å². The number of halogens is 1. The molecule has 1 N–H and O–H groups in total. The lowest BCUT2D eigenvalue weighted by Gasteiger charge is -2.30. The molecule has 1 aromatic heterocycles. The summed E-state index contributed by atoms with van der Waals surface area (Å²) in [5.74, 6) is -2.43. The van der Waals surface area contributed by atoms with Crippen molar-refractivity contribution in [2.45, 2.75) is 12.8 Å². The molecule has 2 atom stereocenters. The summed E-state index contributed by atoms with van der Waals surface area (Å²) >= 11 is 6.18. The molecule has 5 nitrogen and oxygen atoms in total. The molecule has 0 bridgehead atoms. The first-order valence-electron chi connectivity index (χ1n) is 8.34. The van der Waals surface area contributed by atoms with Gasteiger partial charge in [-0.1, -0.05) is 29.8 Å². The van der Waals surface area contributed by atoms with Crippen LogP contribution in [0.3, 0.4) is 0 Å². The molecule has 0 aliphatic carbocycles. The summed E-state index contributed by atoms with van der Waals surface area (Å²) in [6.07, 6.45) is 1.82. The van der Waals surface area contributed by atoms with E-state index in [1.807, 2.05) is 30.5 Å². The van der Waals surface area contributed by atoms with E-state index in [9.17, 15) is 9.59 Å². The first-order chi connectivity index (χ1) is 12.6. The third-order valence-corrected chi connectivity index (χ3v) is 4.84. The standard InChI is InChI=1S/C20H16ClNO4/c1-2-25-19(23)18-17(14-10-22-15-6-4-3-5-12(14)15)13-9-11(21)7-8-16(13)26-20(18)24/h3-10,17-18,22H,2H2,1H3/t17-,18+/m1/s1. The average molecular weight is 370 g/mol. The Kier molecular flexibility index (Phi) is 4.17. The fraction of sp³-hybridized carbons (Fsp3) is 0.200. The molecule has 6 heteroatoms. The quantitative estimate of drug-likeness (QED) is 0.429. The van der Waals surface area contributed by atoms with Gasteiger partial charge in [0.2, 0.25) is 0 Å². The number of aromatic nitrogens is 1. The molecule has 1 aliphatic rings. The van der Waals surface area contributed by atoms with Crippen molar-refractivity contribution >= 4 is 34.4 Å². The molecule has 1 aliphatic heterocycles. The molecule has 0 fully saturated rings. The van der Waals surface area contributed by atoms with Gasteiger partial charge in [-0.05, 0) is 36.8 Å². The van der Waals surface area contributed by atoms with Crippen LogP contribution in [0.1, 0.15) is 24.0 Å². The highest BCUT2D eigenvalue weighted by atomic mass is 35.5. The Morgan fingerprint density at radius 2 is 2.04 bits per heavy atom. The maximum absolute atomic E-state index is 12.6. The molecule has 0 spiro atoms. The Balaban J connectivity index is 1.95. The number of hydrogen-bond donors (Lipinski definition) is 1. The van der Waals surface area contributed by atoms with E-state index in [0.717, 1.165) is 16.5 Å². The zero-order valence-corrected chi connectivity index (χ0v) is 14.7. The van der Waals surface area contributed by atoms with Crippen LogP contribution in [0.2, 0.25) is 5.02 Å². The Hall–Kier alpha value is -2.79. The zero-order chi connectivity index (χ0) is 18.3. The highest BCUT2D eigenvalue weighted by Gasteiger charge is 2.45. The van der Waals surface area contributed by atoms with E-state index in [1.165, 1.54) is 0 Å². The second kappa shape index (κ2) is 6.50. The maximum Gasteiger partial charge on any atom is 0.326 e. The van der Waals surface area contributed by atoms with E-state index in [4.69, 9.17) is 21.1 Å². The van der Waals surface area contributed by atoms with Crippen molar-refractivity contribution in [3.05, 3.63) is 64.8 Å². The summed E-state index contributed by atoms with van der Waals surface area (Å²) in [5, 5.41) is 1.45. The van der Waals surface area contributed by atoms with Gasteiger partial charge in [0, 0.05) is 33.6 Å². The largest absolute Gasteiger partial charge is 0.465 e. The van der Waals surface area contributed by atoms with Crippen LogP contribution in [0.25, 0.3) is 10.9 Å². The van der Waals surface area contributed by atoms with E-state index in [1.54, 1.807) is 25.1 Å². The van der Waals surface area contributed by atoms with E-state index in [2.05, 4.69) is 4.98 Å². The van der Waals surface area contributed by atoms with Crippen LogP contribution in [0.4, 0.5) is 0 Å². The number of hydrogen-bond acceptors (Lipinski definition) is 4. The van der Waals surface area contributed by atoms with Crippen LogP contribution in [0, 0.1) is 5.92 Å². The lowest BCUT2D eigenvalue weighted by molar-refractivity contribution is -0.158. The van der Waals surface area contributed by atoms with E-state index < -0.39 is 23.8 Å². The van der Waals surface area contributed by atoms with Crippen molar-refractivity contribution in [1.82, 2.24) is 4.98 Å². The molecule has 0 amide bonds. The normalized spacial score (nSPS) is 19.1. The fourth-order valence-corrected chi connectivity index (χ4v) is 3.69. The van der Waals surface area contributed by atoms with Crippen LogP contribution < -0.4 is 4.74 Å². The fourth-order valence-electron chi connectivity index (χ4n) is 3.51. The number of esters is 2. The van der Waals surface area contributed by atoms with Crippen LogP contribution in [-0.2, 0) is 14.3 Å². The second-order valence-corrected chi connectivity index (χ2v) is 6.54. The van der Waals surface area contributed by atoms with E-state index in [-0.39, 0.29) is 6.61 Å². The molecular formula is C20H16ClNO4. The number of fused-ring (bicyclic) bond motifs is 2. The maximum atomic E-state index is 12.6. The van der Waals surface area contributed by atoms with Crippen molar-refractivity contribution < 1.29 is 19.1 Å². The molecule has 2 heterocycles. The third kappa shape index (κ3) is 2.65. The minimum atomic E-state index is -1.08. The first-order valence-corrected chi connectivity index (χ1v) is 8.71. The molecule has 0 saturated carbocycles. The van der Waals surface area contributed by atoms with E-state index in [0.29, 0.717) is 16.3 Å². The van der Waals surface area contributed by atoms with Crippen LogP contribution >= 0.6 is 11.6 Å².